The molecule has 0 aromatic heterocycles. The second-order valence-corrected chi connectivity index (χ2v) is 1.22. The molecule has 0 N–H and O–H groups in total. The quantitative estimate of drug-likeness (QED) is 0.264. The Labute approximate surface area is 94.5 Å². The van der Waals surface area contributed by atoms with Crippen molar-refractivity contribution in [3.05, 3.63) is 0 Å². The average molecular weight is 199 g/mol. The van der Waals surface area contributed by atoms with Crippen LogP contribution in [0.5, 0.6) is 0 Å². The largest absolute Gasteiger partial charge is 2.00 e. The summed E-state index contributed by atoms with van der Waals surface area (Å²) in [5.74, 6) is 0. The Morgan fingerprint density at radius 3 is 1.14 bits per heavy atom. The van der Waals surface area contributed by atoms with Crippen LogP contribution in [0.4, 0.5) is 0 Å². The third-order valence-corrected chi connectivity index (χ3v) is 0. The zero-order valence-corrected chi connectivity index (χ0v) is 8.22. The molecule has 0 unspecified atom stereocenters. The van der Waals surface area contributed by atoms with Gasteiger partial charge in [-0.15, -0.1) is 0 Å². The molecule has 7 heteroatoms. The van der Waals surface area contributed by atoms with Crippen LogP contribution in [0.25, 0.3) is 0 Å². The van der Waals surface area contributed by atoms with Crippen molar-refractivity contribution >= 4 is 61.8 Å². The molecule has 0 aliphatic heterocycles. The van der Waals surface area contributed by atoms with Crippen LogP contribution in [0.3, 0.4) is 0 Å². The number of hydrogen-bond acceptors (Lipinski definition) is 4. The van der Waals surface area contributed by atoms with Crippen molar-refractivity contribution in [2.45, 2.75) is 0 Å². The van der Waals surface area contributed by atoms with Crippen molar-refractivity contribution in [2.75, 3.05) is 0 Å². The van der Waals surface area contributed by atoms with Gasteiger partial charge in [0.25, 0.3) is 0 Å². The summed E-state index contributed by atoms with van der Waals surface area (Å²) in [6.07, 6.45) is 0. The third-order valence-electron chi connectivity index (χ3n) is 0. The van der Waals surface area contributed by atoms with Gasteiger partial charge in [0.1, 0.15) is 0 Å². The summed E-state index contributed by atoms with van der Waals surface area (Å²) in [6, 6.07) is 0. The number of rotatable bonds is 0. The van der Waals surface area contributed by atoms with E-state index in [1.54, 1.807) is 0 Å². The van der Waals surface area contributed by atoms with Crippen LogP contribution in [0, 0.1) is 0 Å². The minimum atomic E-state index is -5.17. The normalized spacial score (nSPS) is 8.29. The fraction of sp³-hybridized carbons (Fsp3) is 0. The second kappa shape index (κ2) is 6.15. The first kappa shape index (κ1) is 16.0. The summed E-state index contributed by atoms with van der Waals surface area (Å²) < 4.78 is 34.1. The molecule has 0 aromatic rings. The summed E-state index contributed by atoms with van der Waals surface area (Å²) in [4.78, 5) is 0. The van der Waals surface area contributed by atoms with Crippen molar-refractivity contribution < 1.29 is 34.6 Å². The van der Waals surface area contributed by atoms with Gasteiger partial charge in [-0.2, -0.15) is 0 Å². The molecule has 0 bridgehead atoms. The third kappa shape index (κ3) is 71.0. The Morgan fingerprint density at radius 1 is 1.14 bits per heavy atom. The predicted molar refractivity (Wildman–Crippen MR) is 16.2 cm³/mol. The zero-order valence-electron chi connectivity index (χ0n) is 3.34. The SMILES string of the molecule is O=S(=O)([O-])[O-].[Cu+2].[K]. The van der Waals surface area contributed by atoms with Crippen molar-refractivity contribution in [2.24, 2.45) is 0 Å². The van der Waals surface area contributed by atoms with Crippen LogP contribution in [-0.4, -0.2) is 68.9 Å². The van der Waals surface area contributed by atoms with Gasteiger partial charge in [-0.05, 0) is 0 Å². The molecule has 0 spiro atoms. The van der Waals surface area contributed by atoms with Gasteiger partial charge < -0.3 is 9.11 Å². The fourth-order valence-corrected chi connectivity index (χ4v) is 0. The van der Waals surface area contributed by atoms with Gasteiger partial charge in [0, 0.05) is 61.8 Å². The van der Waals surface area contributed by atoms with E-state index < -0.39 is 10.4 Å². The molecule has 42 valence electrons. The van der Waals surface area contributed by atoms with Gasteiger partial charge in [0.15, 0.2) is 0 Å². The second-order valence-electron chi connectivity index (χ2n) is 0.408. The first-order valence-corrected chi connectivity index (χ1v) is 2.00. The Morgan fingerprint density at radius 2 is 1.14 bits per heavy atom. The van der Waals surface area contributed by atoms with Gasteiger partial charge in [-0.3, -0.25) is 8.42 Å². The fourth-order valence-electron chi connectivity index (χ4n) is 0. The van der Waals surface area contributed by atoms with Crippen LogP contribution < -0.4 is 0 Å². The standard InChI is InChI=1S/Cu.K.H2O4S/c;;1-5(2,3)4/h;;(H2,1,2,3,4)/q+2;;/p-2. The molecule has 2 radical (unpaired) electrons. The van der Waals surface area contributed by atoms with Crippen molar-refractivity contribution in [1.82, 2.24) is 0 Å². The smallest absolute Gasteiger partial charge is 0.759 e. The van der Waals surface area contributed by atoms with E-state index in [9.17, 15) is 0 Å². The van der Waals surface area contributed by atoms with Crippen LogP contribution in [0.1, 0.15) is 0 Å². The summed E-state index contributed by atoms with van der Waals surface area (Å²) in [5.41, 5.74) is 0. The Balaban J connectivity index is -0.0000000800. The summed E-state index contributed by atoms with van der Waals surface area (Å²) in [6.45, 7) is 0. The van der Waals surface area contributed by atoms with Gasteiger partial charge in [-0.1, -0.05) is 0 Å². The van der Waals surface area contributed by atoms with E-state index in [1.807, 2.05) is 0 Å². The maximum Gasteiger partial charge on any atom is 2.00 e. The molecule has 0 amide bonds. The molecule has 4 nitrogen and oxygen atoms in total. The van der Waals surface area contributed by atoms with E-state index in [4.69, 9.17) is 17.5 Å². The van der Waals surface area contributed by atoms with Crippen molar-refractivity contribution in [3.8, 4) is 0 Å². The van der Waals surface area contributed by atoms with E-state index >= 15 is 0 Å². The summed E-state index contributed by atoms with van der Waals surface area (Å²) in [7, 11) is -5.17. The van der Waals surface area contributed by atoms with E-state index in [1.165, 1.54) is 0 Å². The van der Waals surface area contributed by atoms with Gasteiger partial charge >= 0.3 is 17.1 Å². The van der Waals surface area contributed by atoms with Crippen LogP contribution in [0.2, 0.25) is 0 Å². The molecule has 0 heterocycles. The molecule has 7 heavy (non-hydrogen) atoms. The maximum absolute atomic E-state index is 8.52. The molecule has 0 aromatic carbocycles. The minimum absolute atomic E-state index is 0. The molecular formula is CuKO4S. The van der Waals surface area contributed by atoms with Gasteiger partial charge in [-0.25, -0.2) is 0 Å². The zero-order chi connectivity index (χ0) is 4.50. The molecule has 0 saturated carbocycles. The molecule has 0 atom stereocenters. The molecule has 0 aliphatic carbocycles. The van der Waals surface area contributed by atoms with Crippen LogP contribution >= 0.6 is 0 Å². The molecule has 0 rings (SSSR count). The average Bonchev–Trinajstić information content (AvgIpc) is 0.722. The Bertz CT molecular complexity index is 94.9. The molecule has 0 saturated heterocycles. The molecule has 0 aliphatic rings. The Kier molecular flexibility index (Phi) is 14.1. The first-order valence-electron chi connectivity index (χ1n) is 0.667. The van der Waals surface area contributed by atoms with Gasteiger partial charge in [0.2, 0.25) is 0 Å². The molecular weight excluding hydrogens is 199 g/mol. The predicted octanol–water partition coefficient (Wildman–Crippen LogP) is -1.72. The van der Waals surface area contributed by atoms with E-state index in [0.717, 1.165) is 0 Å². The van der Waals surface area contributed by atoms with E-state index in [0.29, 0.717) is 0 Å². The topological polar surface area (TPSA) is 80.3 Å². The van der Waals surface area contributed by atoms with Crippen LogP contribution in [-0.2, 0) is 27.5 Å². The maximum atomic E-state index is 8.52. The Hall–Kier alpha value is 2.03. The monoisotopic (exact) mass is 198 g/mol. The van der Waals surface area contributed by atoms with Crippen molar-refractivity contribution in [1.29, 1.82) is 0 Å². The van der Waals surface area contributed by atoms with Gasteiger partial charge in [0.05, 0.1) is 0 Å². The van der Waals surface area contributed by atoms with Crippen molar-refractivity contribution in [3.63, 3.8) is 0 Å². The van der Waals surface area contributed by atoms with E-state index in [-0.39, 0.29) is 68.5 Å². The summed E-state index contributed by atoms with van der Waals surface area (Å²) in [5, 5.41) is 0. The molecule has 0 fully saturated rings. The van der Waals surface area contributed by atoms with E-state index in [2.05, 4.69) is 0 Å². The number of hydrogen-bond donors (Lipinski definition) is 0. The minimum Gasteiger partial charge on any atom is -0.759 e. The van der Waals surface area contributed by atoms with Crippen LogP contribution in [0.15, 0.2) is 0 Å². The summed E-state index contributed by atoms with van der Waals surface area (Å²) >= 11 is 0. The first-order chi connectivity index (χ1) is 2.00.